The average Bonchev–Trinajstić information content (AvgIpc) is 2.25. The molecule has 0 aromatic heterocycles. The van der Waals surface area contributed by atoms with Gasteiger partial charge in [0.1, 0.15) is 0 Å². The third-order valence-corrected chi connectivity index (χ3v) is 2.42. The van der Waals surface area contributed by atoms with E-state index in [2.05, 4.69) is 36.6 Å². The van der Waals surface area contributed by atoms with Gasteiger partial charge in [-0.2, -0.15) is 0 Å². The van der Waals surface area contributed by atoms with E-state index in [1.807, 2.05) is 12.1 Å². The number of carbonyl (C=O) groups is 1. The van der Waals surface area contributed by atoms with Crippen molar-refractivity contribution in [3.63, 3.8) is 0 Å². The Kier molecular flexibility index (Phi) is 5.70. The Labute approximate surface area is 104 Å². The Balaban J connectivity index is 2.32. The lowest BCUT2D eigenvalue weighted by Crippen LogP contribution is -2.22. The molecule has 3 heteroatoms. The normalized spacial score (nSPS) is 10.6. The van der Waals surface area contributed by atoms with E-state index in [9.17, 15) is 4.79 Å². The molecule has 0 bridgehead atoms. The lowest BCUT2D eigenvalue weighted by molar-refractivity contribution is -0.114. The fraction of sp³-hybridized carbons (Fsp3) is 0.500. The summed E-state index contributed by atoms with van der Waals surface area (Å²) in [5, 5.41) is 6.17. The largest absolute Gasteiger partial charge is 0.326 e. The molecule has 0 spiro atoms. The number of anilines is 1. The third-order valence-electron chi connectivity index (χ3n) is 2.42. The Bertz CT molecular complexity index is 344. The van der Waals surface area contributed by atoms with Crippen LogP contribution >= 0.6 is 0 Å². The van der Waals surface area contributed by atoms with Crippen LogP contribution in [-0.4, -0.2) is 19.0 Å². The zero-order valence-corrected chi connectivity index (χ0v) is 10.9. The van der Waals surface area contributed by atoms with Crippen LogP contribution in [0.2, 0.25) is 0 Å². The second-order valence-electron chi connectivity index (χ2n) is 4.73. The van der Waals surface area contributed by atoms with E-state index in [1.54, 1.807) is 0 Å². The van der Waals surface area contributed by atoms with Crippen molar-refractivity contribution in [1.29, 1.82) is 0 Å². The minimum Gasteiger partial charge on any atom is -0.326 e. The van der Waals surface area contributed by atoms with E-state index in [0.717, 1.165) is 25.2 Å². The van der Waals surface area contributed by atoms with E-state index in [4.69, 9.17) is 0 Å². The van der Waals surface area contributed by atoms with Crippen LogP contribution in [-0.2, 0) is 11.2 Å². The lowest BCUT2D eigenvalue weighted by atomic mass is 10.1. The van der Waals surface area contributed by atoms with Gasteiger partial charge in [0.25, 0.3) is 0 Å². The summed E-state index contributed by atoms with van der Waals surface area (Å²) in [6.07, 6.45) is 1.02. The van der Waals surface area contributed by atoms with E-state index in [1.165, 1.54) is 12.5 Å². The number of benzene rings is 1. The number of amides is 1. The molecular formula is C14H22N2O. The molecule has 1 amide bonds. The van der Waals surface area contributed by atoms with Crippen LogP contribution in [0, 0.1) is 5.92 Å². The highest BCUT2D eigenvalue weighted by Gasteiger charge is 1.97. The Hall–Kier alpha value is -1.35. The predicted octanol–water partition coefficient (Wildman–Crippen LogP) is 2.43. The molecule has 0 atom stereocenters. The Morgan fingerprint density at radius 1 is 1.24 bits per heavy atom. The molecule has 2 N–H and O–H groups in total. The number of carbonyl (C=O) groups excluding carboxylic acids is 1. The molecule has 1 rings (SSSR count). The number of hydrogen-bond donors (Lipinski definition) is 2. The summed E-state index contributed by atoms with van der Waals surface area (Å²) in [5.74, 6) is 0.661. The summed E-state index contributed by atoms with van der Waals surface area (Å²) in [5.41, 5.74) is 2.15. The van der Waals surface area contributed by atoms with E-state index >= 15 is 0 Å². The van der Waals surface area contributed by atoms with Crippen LogP contribution in [0.15, 0.2) is 24.3 Å². The molecule has 1 aromatic carbocycles. The maximum absolute atomic E-state index is 10.9. The number of rotatable bonds is 6. The highest BCUT2D eigenvalue weighted by atomic mass is 16.1. The third kappa shape index (κ3) is 6.07. The molecule has 0 heterocycles. The van der Waals surface area contributed by atoms with Gasteiger partial charge in [0.15, 0.2) is 0 Å². The Morgan fingerprint density at radius 2 is 1.88 bits per heavy atom. The van der Waals surface area contributed by atoms with Gasteiger partial charge in [0.05, 0.1) is 0 Å². The van der Waals surface area contributed by atoms with Gasteiger partial charge >= 0.3 is 0 Å². The summed E-state index contributed by atoms with van der Waals surface area (Å²) < 4.78 is 0. The van der Waals surface area contributed by atoms with E-state index < -0.39 is 0 Å². The molecule has 0 fully saturated rings. The average molecular weight is 234 g/mol. The first-order valence-electron chi connectivity index (χ1n) is 6.15. The smallest absolute Gasteiger partial charge is 0.221 e. The van der Waals surface area contributed by atoms with Crippen molar-refractivity contribution >= 4 is 11.6 Å². The maximum Gasteiger partial charge on any atom is 0.221 e. The SMILES string of the molecule is CC(=O)Nc1ccc(CCNCC(C)C)cc1. The van der Waals surface area contributed by atoms with Crippen LogP contribution in [0.25, 0.3) is 0 Å². The lowest BCUT2D eigenvalue weighted by Gasteiger charge is -2.08. The van der Waals surface area contributed by atoms with Crippen molar-refractivity contribution in [2.45, 2.75) is 27.2 Å². The first kappa shape index (κ1) is 13.7. The second-order valence-corrected chi connectivity index (χ2v) is 4.73. The monoisotopic (exact) mass is 234 g/mol. The van der Waals surface area contributed by atoms with Gasteiger partial charge in [0.2, 0.25) is 5.91 Å². The van der Waals surface area contributed by atoms with E-state index in [0.29, 0.717) is 5.92 Å². The van der Waals surface area contributed by atoms with Crippen LogP contribution in [0.1, 0.15) is 26.3 Å². The molecule has 0 saturated carbocycles. The van der Waals surface area contributed by atoms with Crippen LogP contribution in [0.4, 0.5) is 5.69 Å². The molecule has 0 aliphatic rings. The predicted molar refractivity (Wildman–Crippen MR) is 72.2 cm³/mol. The van der Waals surface area contributed by atoms with Gasteiger partial charge in [-0.1, -0.05) is 26.0 Å². The van der Waals surface area contributed by atoms with Gasteiger partial charge in [-0.25, -0.2) is 0 Å². The van der Waals surface area contributed by atoms with Gasteiger partial charge in [0, 0.05) is 12.6 Å². The summed E-state index contributed by atoms with van der Waals surface area (Å²) in [4.78, 5) is 10.9. The molecule has 17 heavy (non-hydrogen) atoms. The molecule has 0 radical (unpaired) electrons. The first-order chi connectivity index (χ1) is 8.08. The van der Waals surface area contributed by atoms with Gasteiger partial charge in [-0.05, 0) is 43.1 Å². The van der Waals surface area contributed by atoms with Crippen LogP contribution in [0.3, 0.4) is 0 Å². The van der Waals surface area contributed by atoms with Gasteiger partial charge in [-0.3, -0.25) is 4.79 Å². The highest BCUT2D eigenvalue weighted by Crippen LogP contribution is 2.09. The fourth-order valence-corrected chi connectivity index (χ4v) is 1.58. The quantitative estimate of drug-likeness (QED) is 0.742. The van der Waals surface area contributed by atoms with Crippen molar-refractivity contribution in [3.8, 4) is 0 Å². The number of nitrogens with one attached hydrogen (secondary N) is 2. The van der Waals surface area contributed by atoms with Gasteiger partial charge in [-0.15, -0.1) is 0 Å². The second kappa shape index (κ2) is 7.07. The molecule has 1 aromatic rings. The minimum absolute atomic E-state index is 0.0312. The molecule has 3 nitrogen and oxygen atoms in total. The fourth-order valence-electron chi connectivity index (χ4n) is 1.58. The van der Waals surface area contributed by atoms with Crippen LogP contribution in [0.5, 0.6) is 0 Å². The zero-order valence-electron chi connectivity index (χ0n) is 10.9. The zero-order chi connectivity index (χ0) is 12.7. The molecule has 0 unspecified atom stereocenters. The molecule has 0 aliphatic heterocycles. The van der Waals surface area contributed by atoms with Crippen molar-refractivity contribution in [1.82, 2.24) is 5.32 Å². The van der Waals surface area contributed by atoms with Gasteiger partial charge < -0.3 is 10.6 Å². The molecule has 94 valence electrons. The van der Waals surface area contributed by atoms with Crippen molar-refractivity contribution in [2.24, 2.45) is 5.92 Å². The van der Waals surface area contributed by atoms with E-state index in [-0.39, 0.29) is 5.91 Å². The summed E-state index contributed by atoms with van der Waals surface area (Å²) in [6, 6.07) is 8.00. The van der Waals surface area contributed by atoms with Crippen molar-refractivity contribution < 1.29 is 4.79 Å². The molecule has 0 aliphatic carbocycles. The summed E-state index contributed by atoms with van der Waals surface area (Å²) in [7, 11) is 0. The standard InChI is InChI=1S/C14H22N2O/c1-11(2)10-15-9-8-13-4-6-14(7-5-13)16-12(3)17/h4-7,11,15H,8-10H2,1-3H3,(H,16,17). The Morgan fingerprint density at radius 3 is 2.41 bits per heavy atom. The first-order valence-corrected chi connectivity index (χ1v) is 6.15. The molecular weight excluding hydrogens is 212 g/mol. The number of hydrogen-bond acceptors (Lipinski definition) is 2. The van der Waals surface area contributed by atoms with Crippen molar-refractivity contribution in [2.75, 3.05) is 18.4 Å². The summed E-state index contributed by atoms with van der Waals surface area (Å²) in [6.45, 7) is 7.98. The molecule has 0 saturated heterocycles. The highest BCUT2D eigenvalue weighted by molar-refractivity contribution is 5.88. The van der Waals surface area contributed by atoms with Crippen LogP contribution < -0.4 is 10.6 Å². The minimum atomic E-state index is -0.0312. The van der Waals surface area contributed by atoms with Crippen molar-refractivity contribution in [3.05, 3.63) is 29.8 Å². The topological polar surface area (TPSA) is 41.1 Å². The summed E-state index contributed by atoms with van der Waals surface area (Å²) >= 11 is 0. The maximum atomic E-state index is 10.9.